The Morgan fingerprint density at radius 2 is 2.18 bits per heavy atom. The van der Waals surface area contributed by atoms with Gasteiger partial charge in [-0.1, -0.05) is 19.8 Å². The average Bonchev–Trinajstić information content (AvgIpc) is 2.04. The summed E-state index contributed by atoms with van der Waals surface area (Å²) in [5.74, 6) is 0.978. The second-order valence-corrected chi connectivity index (χ2v) is 3.89. The van der Waals surface area contributed by atoms with E-state index in [4.69, 9.17) is 0 Å². The van der Waals surface area contributed by atoms with Gasteiger partial charge in [0.15, 0.2) is 0 Å². The summed E-state index contributed by atoms with van der Waals surface area (Å²) in [6.07, 6.45) is 7.05. The Balaban J connectivity index is 2.07. The quantitative estimate of drug-likeness (QED) is 0.660. The van der Waals surface area contributed by atoms with Crippen molar-refractivity contribution in [1.82, 2.24) is 5.32 Å². The topological polar surface area (TPSA) is 12.0 Å². The Morgan fingerprint density at radius 3 is 2.73 bits per heavy atom. The first kappa shape index (κ1) is 9.05. The van der Waals surface area contributed by atoms with E-state index in [0.717, 1.165) is 12.0 Å². The number of nitrogens with one attached hydrogen (secondary N) is 1. The summed E-state index contributed by atoms with van der Waals surface area (Å²) in [7, 11) is 0. The van der Waals surface area contributed by atoms with Crippen molar-refractivity contribution >= 4 is 0 Å². The molecule has 1 N–H and O–H groups in total. The predicted molar refractivity (Wildman–Crippen MR) is 49.7 cm³/mol. The molecule has 11 heavy (non-hydrogen) atoms. The number of piperidine rings is 1. The summed E-state index contributed by atoms with van der Waals surface area (Å²) in [5.41, 5.74) is 0. The van der Waals surface area contributed by atoms with E-state index in [9.17, 15) is 0 Å². The smallest absolute Gasteiger partial charge is 0.00389 e. The van der Waals surface area contributed by atoms with Crippen LogP contribution in [0.25, 0.3) is 0 Å². The van der Waals surface area contributed by atoms with Crippen LogP contribution < -0.4 is 5.32 Å². The third-order valence-electron chi connectivity index (χ3n) is 2.73. The molecule has 1 aliphatic heterocycles. The fraction of sp³-hybridized carbons (Fsp3) is 1.00. The molecular weight excluding hydrogens is 134 g/mol. The first-order valence-corrected chi connectivity index (χ1v) is 5.06. The van der Waals surface area contributed by atoms with Crippen molar-refractivity contribution < 1.29 is 0 Å². The van der Waals surface area contributed by atoms with Gasteiger partial charge in [-0.2, -0.15) is 0 Å². The van der Waals surface area contributed by atoms with Gasteiger partial charge in [0.25, 0.3) is 0 Å². The molecule has 0 radical (unpaired) electrons. The molecule has 0 spiro atoms. The van der Waals surface area contributed by atoms with Crippen molar-refractivity contribution in [1.29, 1.82) is 0 Å². The van der Waals surface area contributed by atoms with Crippen molar-refractivity contribution in [3.05, 3.63) is 0 Å². The standard InChI is InChI=1S/C10H21N/c1-3-4-5-10-7-6-9(2)11-8-10/h9-11H,3-8H2,1-2H3. The van der Waals surface area contributed by atoms with E-state index < -0.39 is 0 Å². The zero-order valence-electron chi connectivity index (χ0n) is 7.90. The maximum atomic E-state index is 3.54. The number of unbranched alkanes of at least 4 members (excludes halogenated alkanes) is 1. The maximum Gasteiger partial charge on any atom is 0.00389 e. The number of hydrogen-bond acceptors (Lipinski definition) is 1. The molecule has 0 saturated carbocycles. The van der Waals surface area contributed by atoms with Crippen LogP contribution >= 0.6 is 0 Å². The normalized spacial score (nSPS) is 32.2. The van der Waals surface area contributed by atoms with Crippen LogP contribution in [-0.2, 0) is 0 Å². The van der Waals surface area contributed by atoms with Gasteiger partial charge in [0.1, 0.15) is 0 Å². The van der Waals surface area contributed by atoms with Crippen molar-refractivity contribution in [2.24, 2.45) is 5.92 Å². The summed E-state index contributed by atoms with van der Waals surface area (Å²) in [5, 5.41) is 3.54. The van der Waals surface area contributed by atoms with Gasteiger partial charge in [0.05, 0.1) is 0 Å². The summed E-state index contributed by atoms with van der Waals surface area (Å²) in [6.45, 7) is 5.83. The lowest BCUT2D eigenvalue weighted by Gasteiger charge is -2.27. The third kappa shape index (κ3) is 3.24. The lowest BCUT2D eigenvalue weighted by Crippen LogP contribution is -2.36. The molecule has 0 aromatic carbocycles. The minimum Gasteiger partial charge on any atom is -0.314 e. The van der Waals surface area contributed by atoms with Crippen LogP contribution in [0.2, 0.25) is 0 Å². The predicted octanol–water partition coefficient (Wildman–Crippen LogP) is 2.56. The molecule has 1 nitrogen and oxygen atoms in total. The van der Waals surface area contributed by atoms with Crippen LogP contribution in [0, 0.1) is 5.92 Å². The summed E-state index contributed by atoms with van der Waals surface area (Å²) in [4.78, 5) is 0. The molecule has 0 aliphatic carbocycles. The van der Waals surface area contributed by atoms with Gasteiger partial charge in [-0.05, 0) is 38.6 Å². The van der Waals surface area contributed by atoms with E-state index in [1.165, 1.54) is 38.6 Å². The van der Waals surface area contributed by atoms with E-state index in [1.807, 2.05) is 0 Å². The van der Waals surface area contributed by atoms with Gasteiger partial charge in [-0.3, -0.25) is 0 Å². The van der Waals surface area contributed by atoms with Gasteiger partial charge >= 0.3 is 0 Å². The Morgan fingerprint density at radius 1 is 1.36 bits per heavy atom. The zero-order chi connectivity index (χ0) is 8.10. The Bertz CT molecular complexity index is 90.3. The first-order chi connectivity index (χ1) is 5.33. The van der Waals surface area contributed by atoms with E-state index in [-0.39, 0.29) is 0 Å². The molecule has 1 saturated heterocycles. The van der Waals surface area contributed by atoms with Gasteiger partial charge in [0, 0.05) is 6.04 Å². The third-order valence-corrected chi connectivity index (χ3v) is 2.73. The van der Waals surface area contributed by atoms with E-state index in [2.05, 4.69) is 19.2 Å². The number of hydrogen-bond donors (Lipinski definition) is 1. The second-order valence-electron chi connectivity index (χ2n) is 3.89. The van der Waals surface area contributed by atoms with Gasteiger partial charge in [-0.15, -0.1) is 0 Å². The molecule has 1 fully saturated rings. The van der Waals surface area contributed by atoms with Crippen LogP contribution in [0.15, 0.2) is 0 Å². The second kappa shape index (κ2) is 4.76. The average molecular weight is 155 g/mol. The highest BCUT2D eigenvalue weighted by atomic mass is 14.9. The largest absolute Gasteiger partial charge is 0.314 e. The maximum absolute atomic E-state index is 3.54. The minimum atomic E-state index is 0.771. The monoisotopic (exact) mass is 155 g/mol. The Kier molecular flexibility index (Phi) is 3.92. The molecule has 1 heterocycles. The molecule has 2 unspecified atom stereocenters. The highest BCUT2D eigenvalue weighted by molar-refractivity contribution is 4.74. The van der Waals surface area contributed by atoms with Crippen LogP contribution in [0.4, 0.5) is 0 Å². The molecule has 0 amide bonds. The van der Waals surface area contributed by atoms with Crippen molar-refractivity contribution in [3.8, 4) is 0 Å². The van der Waals surface area contributed by atoms with E-state index in [0.29, 0.717) is 0 Å². The fourth-order valence-corrected chi connectivity index (χ4v) is 1.80. The van der Waals surface area contributed by atoms with Crippen molar-refractivity contribution in [2.45, 2.75) is 52.0 Å². The number of rotatable bonds is 3. The van der Waals surface area contributed by atoms with E-state index in [1.54, 1.807) is 0 Å². The van der Waals surface area contributed by atoms with Crippen molar-refractivity contribution in [3.63, 3.8) is 0 Å². The van der Waals surface area contributed by atoms with Crippen LogP contribution in [0.1, 0.15) is 46.0 Å². The molecule has 2 atom stereocenters. The lowest BCUT2D eigenvalue weighted by atomic mass is 9.91. The Hall–Kier alpha value is -0.0400. The van der Waals surface area contributed by atoms with E-state index >= 15 is 0 Å². The zero-order valence-corrected chi connectivity index (χ0v) is 7.90. The van der Waals surface area contributed by atoms with Crippen molar-refractivity contribution in [2.75, 3.05) is 6.54 Å². The highest BCUT2D eigenvalue weighted by Gasteiger charge is 2.16. The van der Waals surface area contributed by atoms with Crippen LogP contribution in [0.5, 0.6) is 0 Å². The molecule has 0 bridgehead atoms. The van der Waals surface area contributed by atoms with Crippen LogP contribution in [-0.4, -0.2) is 12.6 Å². The molecule has 1 aliphatic rings. The van der Waals surface area contributed by atoms with Gasteiger partial charge in [0.2, 0.25) is 0 Å². The van der Waals surface area contributed by atoms with Gasteiger partial charge < -0.3 is 5.32 Å². The Labute approximate surface area is 70.6 Å². The SMILES string of the molecule is CCCCC1CCC(C)NC1. The van der Waals surface area contributed by atoms with Gasteiger partial charge in [-0.25, -0.2) is 0 Å². The minimum absolute atomic E-state index is 0.771. The lowest BCUT2D eigenvalue weighted by molar-refractivity contribution is 0.304. The molecular formula is C10H21N. The highest BCUT2D eigenvalue weighted by Crippen LogP contribution is 2.19. The summed E-state index contributed by atoms with van der Waals surface area (Å²) in [6, 6.07) is 0.771. The fourth-order valence-electron chi connectivity index (χ4n) is 1.80. The molecule has 1 rings (SSSR count). The molecule has 1 heteroatoms. The summed E-state index contributed by atoms with van der Waals surface area (Å²) >= 11 is 0. The summed E-state index contributed by atoms with van der Waals surface area (Å²) < 4.78 is 0. The molecule has 0 aromatic rings. The molecule has 0 aromatic heterocycles. The molecule has 66 valence electrons. The first-order valence-electron chi connectivity index (χ1n) is 5.06. The van der Waals surface area contributed by atoms with Crippen LogP contribution in [0.3, 0.4) is 0 Å².